The lowest BCUT2D eigenvalue weighted by Gasteiger charge is -2.23. The Labute approximate surface area is 102 Å². The summed E-state index contributed by atoms with van der Waals surface area (Å²) in [5.74, 6) is -9.34. The van der Waals surface area contributed by atoms with Crippen molar-refractivity contribution in [3.05, 3.63) is 33.1 Å². The monoisotopic (exact) mass is 284 g/mol. The number of alkyl halides is 4. The Kier molecular flexibility index (Phi) is 3.01. The molecule has 2 rings (SSSR count). The number of aromatic amines is 1. The third kappa shape index (κ3) is 1.87. The summed E-state index contributed by atoms with van der Waals surface area (Å²) in [6.45, 7) is -1.34. The summed E-state index contributed by atoms with van der Waals surface area (Å²) < 4.78 is 58.2. The van der Waals surface area contributed by atoms with Gasteiger partial charge >= 0.3 is 17.5 Å². The van der Waals surface area contributed by atoms with Gasteiger partial charge in [0.25, 0.3) is 5.56 Å². The van der Waals surface area contributed by atoms with Gasteiger partial charge in [-0.15, -0.1) is 0 Å². The van der Waals surface area contributed by atoms with Gasteiger partial charge in [-0.1, -0.05) is 0 Å². The highest BCUT2D eigenvalue weighted by Crippen LogP contribution is 2.52. The van der Waals surface area contributed by atoms with Crippen LogP contribution in [0, 0.1) is 0 Å². The van der Waals surface area contributed by atoms with Crippen LogP contribution in [0.2, 0.25) is 0 Å². The molecular formula is C9H8F4N2O4. The Morgan fingerprint density at radius 2 is 1.95 bits per heavy atom. The van der Waals surface area contributed by atoms with Crippen LogP contribution in [-0.4, -0.2) is 39.2 Å². The smallest absolute Gasteiger partial charge is 0.357 e. The minimum atomic E-state index is -4.71. The zero-order valence-electron chi connectivity index (χ0n) is 9.15. The van der Waals surface area contributed by atoms with E-state index in [4.69, 9.17) is 5.11 Å². The molecule has 2 atom stereocenters. The van der Waals surface area contributed by atoms with E-state index < -0.39 is 42.0 Å². The third-order valence-electron chi connectivity index (χ3n) is 2.72. The van der Waals surface area contributed by atoms with Gasteiger partial charge in [0.2, 0.25) is 6.23 Å². The molecule has 6 nitrogen and oxygen atoms in total. The van der Waals surface area contributed by atoms with Crippen molar-refractivity contribution in [3.8, 4) is 0 Å². The van der Waals surface area contributed by atoms with Gasteiger partial charge in [-0.2, -0.15) is 17.6 Å². The molecule has 0 saturated carbocycles. The Morgan fingerprint density at radius 1 is 1.32 bits per heavy atom. The molecule has 0 aliphatic carbocycles. The van der Waals surface area contributed by atoms with E-state index in [1.807, 2.05) is 0 Å². The summed E-state index contributed by atoms with van der Waals surface area (Å²) in [4.78, 5) is 23.7. The predicted octanol–water partition coefficient (Wildman–Crippen LogP) is -0.303. The highest BCUT2D eigenvalue weighted by molar-refractivity contribution is 5.03. The van der Waals surface area contributed by atoms with E-state index in [2.05, 4.69) is 4.74 Å². The maximum absolute atomic E-state index is 13.6. The van der Waals surface area contributed by atoms with E-state index in [1.165, 1.54) is 0 Å². The number of hydrogen-bond acceptors (Lipinski definition) is 4. The van der Waals surface area contributed by atoms with Crippen LogP contribution < -0.4 is 11.2 Å². The summed E-state index contributed by atoms with van der Waals surface area (Å²) in [7, 11) is 0. The van der Waals surface area contributed by atoms with Crippen LogP contribution in [0.25, 0.3) is 0 Å². The molecule has 1 fully saturated rings. The maximum atomic E-state index is 13.6. The van der Waals surface area contributed by atoms with Crippen molar-refractivity contribution in [1.82, 2.24) is 9.55 Å². The topological polar surface area (TPSA) is 84.3 Å². The van der Waals surface area contributed by atoms with Crippen LogP contribution in [0.4, 0.5) is 17.6 Å². The number of aromatic nitrogens is 2. The minimum Gasteiger partial charge on any atom is -0.393 e. The van der Waals surface area contributed by atoms with Crippen molar-refractivity contribution in [3.63, 3.8) is 0 Å². The normalized spacial score (nSPS) is 28.5. The largest absolute Gasteiger partial charge is 0.393 e. The molecule has 106 valence electrons. The van der Waals surface area contributed by atoms with Crippen LogP contribution in [0.3, 0.4) is 0 Å². The molecule has 2 N–H and O–H groups in total. The molecule has 0 bridgehead atoms. The molecule has 1 aromatic rings. The van der Waals surface area contributed by atoms with Crippen LogP contribution >= 0.6 is 0 Å². The van der Waals surface area contributed by atoms with Crippen molar-refractivity contribution in [1.29, 1.82) is 0 Å². The van der Waals surface area contributed by atoms with Crippen molar-refractivity contribution in [2.24, 2.45) is 0 Å². The number of aliphatic hydroxyl groups is 1. The van der Waals surface area contributed by atoms with E-state index in [0.717, 1.165) is 0 Å². The Bertz CT molecular complexity index is 596. The highest BCUT2D eigenvalue weighted by Gasteiger charge is 2.73. The summed E-state index contributed by atoms with van der Waals surface area (Å²) in [5.41, 5.74) is -2.18. The lowest BCUT2D eigenvalue weighted by molar-refractivity contribution is -0.210. The van der Waals surface area contributed by atoms with Crippen molar-refractivity contribution in [2.75, 3.05) is 6.61 Å². The molecule has 0 unspecified atom stereocenters. The fourth-order valence-corrected chi connectivity index (χ4v) is 1.72. The Hall–Kier alpha value is -1.68. The zero-order valence-corrected chi connectivity index (χ0v) is 9.15. The summed E-state index contributed by atoms with van der Waals surface area (Å²) in [6.07, 6.45) is -4.43. The molecule has 2 heterocycles. The number of halogens is 4. The fourth-order valence-electron chi connectivity index (χ4n) is 1.72. The first-order chi connectivity index (χ1) is 8.71. The van der Waals surface area contributed by atoms with Crippen molar-refractivity contribution < 1.29 is 27.4 Å². The average Bonchev–Trinajstić information content (AvgIpc) is 2.47. The van der Waals surface area contributed by atoms with Crippen LogP contribution in [0.1, 0.15) is 6.23 Å². The number of aliphatic hydroxyl groups excluding tert-OH is 1. The minimum absolute atomic E-state index is 0.144. The van der Waals surface area contributed by atoms with Crippen LogP contribution in [0.15, 0.2) is 21.9 Å². The van der Waals surface area contributed by atoms with Crippen molar-refractivity contribution >= 4 is 0 Å². The first-order valence-corrected chi connectivity index (χ1v) is 5.05. The van der Waals surface area contributed by atoms with Gasteiger partial charge in [0, 0.05) is 12.3 Å². The third-order valence-corrected chi connectivity index (χ3v) is 2.72. The number of H-pyrrole nitrogens is 1. The van der Waals surface area contributed by atoms with Crippen molar-refractivity contribution in [2.45, 2.75) is 24.2 Å². The fraction of sp³-hybridized carbons (Fsp3) is 0.556. The molecule has 1 saturated heterocycles. The summed E-state index contributed by atoms with van der Waals surface area (Å²) in [5, 5.41) is 8.63. The molecule has 10 heteroatoms. The second-order valence-electron chi connectivity index (χ2n) is 3.92. The standard InChI is InChI=1S/C9H8F4N2O4/c10-8(11)4(3-16)19-6(9(8,12)13)15-2-1-5(17)14-7(15)18/h1-2,4,6,16H,3H2,(H,14,17,18)/t4-,6-/m1/s1. The number of nitrogens with zero attached hydrogens (tertiary/aromatic N) is 1. The molecule has 0 radical (unpaired) electrons. The summed E-state index contributed by atoms with van der Waals surface area (Å²) >= 11 is 0. The zero-order chi connectivity index (χ0) is 14.4. The second kappa shape index (κ2) is 4.17. The molecule has 1 aliphatic heterocycles. The lowest BCUT2D eigenvalue weighted by atomic mass is 10.1. The molecular weight excluding hydrogens is 276 g/mol. The molecule has 1 aromatic heterocycles. The van der Waals surface area contributed by atoms with E-state index in [0.29, 0.717) is 12.3 Å². The van der Waals surface area contributed by atoms with E-state index in [9.17, 15) is 27.2 Å². The van der Waals surface area contributed by atoms with Gasteiger partial charge < -0.3 is 9.84 Å². The second-order valence-corrected chi connectivity index (χ2v) is 3.92. The van der Waals surface area contributed by atoms with Gasteiger partial charge in [-0.25, -0.2) is 4.79 Å². The molecule has 1 aliphatic rings. The van der Waals surface area contributed by atoms with Gasteiger partial charge in [-0.3, -0.25) is 14.3 Å². The first kappa shape index (κ1) is 13.7. The quantitative estimate of drug-likeness (QED) is 0.730. The van der Waals surface area contributed by atoms with E-state index in [-0.39, 0.29) is 4.57 Å². The average molecular weight is 284 g/mol. The Morgan fingerprint density at radius 3 is 2.42 bits per heavy atom. The number of nitrogens with one attached hydrogen (secondary N) is 1. The highest BCUT2D eigenvalue weighted by atomic mass is 19.3. The van der Waals surface area contributed by atoms with Gasteiger partial charge in [0.1, 0.15) is 0 Å². The Balaban J connectivity index is 2.52. The predicted molar refractivity (Wildman–Crippen MR) is 52.2 cm³/mol. The van der Waals surface area contributed by atoms with E-state index in [1.54, 1.807) is 4.98 Å². The number of hydrogen-bond donors (Lipinski definition) is 2. The van der Waals surface area contributed by atoms with Crippen LogP contribution in [0.5, 0.6) is 0 Å². The molecule has 0 spiro atoms. The number of ether oxygens (including phenoxy) is 1. The molecule has 19 heavy (non-hydrogen) atoms. The van der Waals surface area contributed by atoms with E-state index >= 15 is 0 Å². The number of rotatable bonds is 2. The maximum Gasteiger partial charge on any atom is 0.357 e. The first-order valence-electron chi connectivity index (χ1n) is 5.05. The van der Waals surface area contributed by atoms with Gasteiger partial charge in [-0.05, 0) is 0 Å². The molecule has 0 amide bonds. The summed E-state index contributed by atoms with van der Waals surface area (Å²) in [6, 6.07) is 0.714. The SMILES string of the molecule is O=c1ccn([C@@H]2O[C@H](CO)C(F)(F)C2(F)F)c(=O)[nH]1. The van der Waals surface area contributed by atoms with Gasteiger partial charge in [0.15, 0.2) is 6.10 Å². The lowest BCUT2D eigenvalue weighted by Crippen LogP contribution is -2.47. The molecule has 0 aromatic carbocycles. The van der Waals surface area contributed by atoms with Crippen LogP contribution in [-0.2, 0) is 4.74 Å². The van der Waals surface area contributed by atoms with Gasteiger partial charge in [0.05, 0.1) is 6.61 Å².